The predicted octanol–water partition coefficient (Wildman–Crippen LogP) is 3.80. The first kappa shape index (κ1) is 27.7. The minimum atomic E-state index is -0.888. The zero-order valence-electron chi connectivity index (χ0n) is 21.5. The standard InChI is InChI=1S/C30H38O6/c1-29(2,23-9-13-27(14-10-23)35-19-25(33)17-31)21-5-7-22(8-6-21)30(3,4)24-11-15-28(16-12-24)36-20-26(34)18-32/h5-16,25-26,31-34H,17-20H2,1-4H3. The van der Waals surface area contributed by atoms with Gasteiger partial charge in [0.25, 0.3) is 0 Å². The Labute approximate surface area is 213 Å². The molecule has 0 aliphatic carbocycles. The van der Waals surface area contributed by atoms with Crippen molar-refractivity contribution in [2.75, 3.05) is 26.4 Å². The Morgan fingerprint density at radius 3 is 1.03 bits per heavy atom. The average molecular weight is 495 g/mol. The van der Waals surface area contributed by atoms with Crippen molar-refractivity contribution in [3.05, 3.63) is 95.1 Å². The normalized spacial score (nSPS) is 13.8. The molecule has 36 heavy (non-hydrogen) atoms. The van der Waals surface area contributed by atoms with Crippen molar-refractivity contribution < 1.29 is 29.9 Å². The van der Waals surface area contributed by atoms with E-state index in [0.29, 0.717) is 11.5 Å². The van der Waals surface area contributed by atoms with Gasteiger partial charge in [0.2, 0.25) is 0 Å². The maximum absolute atomic E-state index is 9.47. The van der Waals surface area contributed by atoms with Gasteiger partial charge in [-0.25, -0.2) is 0 Å². The smallest absolute Gasteiger partial charge is 0.119 e. The molecular formula is C30H38O6. The van der Waals surface area contributed by atoms with Crippen molar-refractivity contribution in [1.82, 2.24) is 0 Å². The van der Waals surface area contributed by atoms with E-state index in [-0.39, 0.29) is 37.3 Å². The Balaban J connectivity index is 1.71. The third-order valence-corrected chi connectivity index (χ3v) is 6.79. The first-order valence-electron chi connectivity index (χ1n) is 12.2. The summed E-state index contributed by atoms with van der Waals surface area (Å²) in [6.45, 7) is 8.20. The minimum absolute atomic E-state index is 0.0546. The Morgan fingerprint density at radius 1 is 0.528 bits per heavy atom. The quantitative estimate of drug-likeness (QED) is 0.306. The van der Waals surface area contributed by atoms with Crippen LogP contribution in [0, 0.1) is 0 Å². The van der Waals surface area contributed by atoms with Crippen molar-refractivity contribution in [1.29, 1.82) is 0 Å². The topological polar surface area (TPSA) is 99.4 Å². The molecule has 3 aromatic carbocycles. The second-order valence-corrected chi connectivity index (χ2v) is 10.2. The molecule has 0 radical (unpaired) electrons. The van der Waals surface area contributed by atoms with E-state index in [0.717, 1.165) is 11.1 Å². The van der Waals surface area contributed by atoms with Gasteiger partial charge >= 0.3 is 0 Å². The highest BCUT2D eigenvalue weighted by Gasteiger charge is 2.26. The number of aliphatic hydroxyl groups is 4. The van der Waals surface area contributed by atoms with Gasteiger partial charge in [-0.2, -0.15) is 0 Å². The Morgan fingerprint density at radius 2 is 0.778 bits per heavy atom. The second kappa shape index (κ2) is 11.9. The highest BCUT2D eigenvalue weighted by atomic mass is 16.5. The summed E-state index contributed by atoms with van der Waals surface area (Å²) in [7, 11) is 0. The molecule has 194 valence electrons. The average Bonchev–Trinajstić information content (AvgIpc) is 2.90. The highest BCUT2D eigenvalue weighted by molar-refractivity contribution is 5.45. The van der Waals surface area contributed by atoms with E-state index < -0.39 is 12.2 Å². The number of rotatable bonds is 12. The summed E-state index contributed by atoms with van der Waals surface area (Å²) < 4.78 is 11.0. The first-order chi connectivity index (χ1) is 17.1. The van der Waals surface area contributed by atoms with Crippen LogP contribution in [-0.2, 0) is 10.8 Å². The van der Waals surface area contributed by atoms with Crippen LogP contribution in [0.15, 0.2) is 72.8 Å². The molecule has 0 spiro atoms. The van der Waals surface area contributed by atoms with Crippen molar-refractivity contribution in [2.24, 2.45) is 0 Å². The molecule has 0 fully saturated rings. The summed E-state index contributed by atoms with van der Waals surface area (Å²) in [5, 5.41) is 36.8. The molecule has 0 amide bonds. The van der Waals surface area contributed by atoms with Crippen LogP contribution in [0.2, 0.25) is 0 Å². The van der Waals surface area contributed by atoms with Crippen molar-refractivity contribution in [3.8, 4) is 11.5 Å². The highest BCUT2D eigenvalue weighted by Crippen LogP contribution is 2.36. The van der Waals surface area contributed by atoms with Crippen molar-refractivity contribution >= 4 is 0 Å². The fraction of sp³-hybridized carbons (Fsp3) is 0.400. The summed E-state index contributed by atoms with van der Waals surface area (Å²) in [5.41, 5.74) is 4.24. The van der Waals surface area contributed by atoms with Crippen LogP contribution in [0.3, 0.4) is 0 Å². The molecule has 0 heterocycles. The Kier molecular flexibility index (Phi) is 9.14. The van der Waals surface area contributed by atoms with Gasteiger partial charge in [0, 0.05) is 10.8 Å². The summed E-state index contributed by atoms with van der Waals surface area (Å²) in [6, 6.07) is 24.4. The molecule has 2 unspecified atom stereocenters. The third kappa shape index (κ3) is 6.65. The molecule has 2 atom stereocenters. The van der Waals surface area contributed by atoms with Gasteiger partial charge in [0.05, 0.1) is 13.2 Å². The molecule has 3 aromatic rings. The lowest BCUT2D eigenvalue weighted by Crippen LogP contribution is -2.22. The lowest BCUT2D eigenvalue weighted by Gasteiger charge is -2.29. The lowest BCUT2D eigenvalue weighted by molar-refractivity contribution is 0.0536. The molecule has 0 saturated carbocycles. The van der Waals surface area contributed by atoms with Gasteiger partial charge in [0.15, 0.2) is 0 Å². The zero-order chi connectivity index (χ0) is 26.3. The first-order valence-corrected chi connectivity index (χ1v) is 12.2. The van der Waals surface area contributed by atoms with Gasteiger partial charge < -0.3 is 29.9 Å². The molecule has 0 saturated heterocycles. The predicted molar refractivity (Wildman–Crippen MR) is 141 cm³/mol. The number of hydrogen-bond acceptors (Lipinski definition) is 6. The summed E-state index contributed by atoms with van der Waals surface area (Å²) in [6.07, 6.45) is -1.78. The van der Waals surface area contributed by atoms with E-state index >= 15 is 0 Å². The monoisotopic (exact) mass is 494 g/mol. The minimum Gasteiger partial charge on any atom is -0.491 e. The number of ether oxygens (including phenoxy) is 2. The van der Waals surface area contributed by atoms with Crippen molar-refractivity contribution in [3.63, 3.8) is 0 Å². The van der Waals surface area contributed by atoms with E-state index in [2.05, 4.69) is 52.0 Å². The van der Waals surface area contributed by atoms with Gasteiger partial charge in [-0.1, -0.05) is 76.2 Å². The Bertz CT molecular complexity index is 983. The van der Waals surface area contributed by atoms with Crippen LogP contribution in [0.25, 0.3) is 0 Å². The molecule has 0 aliphatic rings. The van der Waals surface area contributed by atoms with Gasteiger partial charge in [-0.3, -0.25) is 0 Å². The fourth-order valence-electron chi connectivity index (χ4n) is 4.06. The maximum Gasteiger partial charge on any atom is 0.119 e. The summed E-state index contributed by atoms with van der Waals surface area (Å²) in [4.78, 5) is 0. The van der Waals surface area contributed by atoms with E-state index in [4.69, 9.17) is 19.7 Å². The van der Waals surface area contributed by atoms with Crippen LogP contribution in [0.1, 0.15) is 49.9 Å². The zero-order valence-corrected chi connectivity index (χ0v) is 21.5. The van der Waals surface area contributed by atoms with Gasteiger partial charge in [0.1, 0.15) is 36.9 Å². The van der Waals surface area contributed by atoms with Crippen LogP contribution in [0.5, 0.6) is 11.5 Å². The molecular weight excluding hydrogens is 456 g/mol. The van der Waals surface area contributed by atoms with E-state index in [9.17, 15) is 10.2 Å². The van der Waals surface area contributed by atoms with Gasteiger partial charge in [-0.15, -0.1) is 0 Å². The lowest BCUT2D eigenvalue weighted by atomic mass is 9.74. The second-order valence-electron chi connectivity index (χ2n) is 10.2. The number of benzene rings is 3. The molecule has 3 rings (SSSR count). The largest absolute Gasteiger partial charge is 0.491 e. The summed E-state index contributed by atoms with van der Waals surface area (Å²) in [5.74, 6) is 1.31. The third-order valence-electron chi connectivity index (χ3n) is 6.79. The molecule has 0 aliphatic heterocycles. The van der Waals surface area contributed by atoms with Crippen LogP contribution < -0.4 is 9.47 Å². The molecule has 0 bridgehead atoms. The van der Waals surface area contributed by atoms with Crippen LogP contribution >= 0.6 is 0 Å². The van der Waals surface area contributed by atoms with Gasteiger partial charge in [-0.05, 0) is 46.5 Å². The maximum atomic E-state index is 9.47. The number of hydrogen-bond donors (Lipinski definition) is 4. The molecule has 6 heteroatoms. The summed E-state index contributed by atoms with van der Waals surface area (Å²) >= 11 is 0. The molecule has 6 nitrogen and oxygen atoms in total. The van der Waals surface area contributed by atoms with Crippen LogP contribution in [0.4, 0.5) is 0 Å². The molecule has 0 aromatic heterocycles. The van der Waals surface area contributed by atoms with E-state index in [1.807, 2.05) is 48.5 Å². The SMILES string of the molecule is CC(C)(c1ccc(OCC(O)CO)cc1)c1ccc(C(C)(C)c2ccc(OCC(O)CO)cc2)cc1. The number of aliphatic hydroxyl groups excluding tert-OH is 4. The van der Waals surface area contributed by atoms with E-state index in [1.165, 1.54) is 11.1 Å². The fourth-order valence-corrected chi connectivity index (χ4v) is 4.06. The van der Waals surface area contributed by atoms with Crippen LogP contribution in [-0.4, -0.2) is 59.1 Å². The molecule has 4 N–H and O–H groups in total. The Hall–Kier alpha value is -2.90. The van der Waals surface area contributed by atoms with Crippen molar-refractivity contribution in [2.45, 2.75) is 50.7 Å². The van der Waals surface area contributed by atoms with E-state index in [1.54, 1.807) is 0 Å².